The molecule has 3 rings (SSSR count). The van der Waals surface area contributed by atoms with Gasteiger partial charge in [0.05, 0.1) is 6.04 Å². The van der Waals surface area contributed by atoms with Crippen molar-refractivity contribution in [2.75, 3.05) is 5.32 Å². The summed E-state index contributed by atoms with van der Waals surface area (Å²) in [5, 5.41) is 15.3. The number of carbonyl (C=O) groups is 3. The van der Waals surface area contributed by atoms with Gasteiger partial charge >= 0.3 is 5.97 Å². The summed E-state index contributed by atoms with van der Waals surface area (Å²) in [5.41, 5.74) is 10.4. The van der Waals surface area contributed by atoms with E-state index in [9.17, 15) is 19.5 Å². The van der Waals surface area contributed by atoms with Crippen LogP contribution in [0.25, 0.3) is 11.1 Å². The highest BCUT2D eigenvalue weighted by Crippen LogP contribution is 2.24. The normalized spacial score (nSPS) is 13.1. The molecular weight excluding hydrogens is 514 g/mol. The molecule has 3 aromatic carbocycles. The van der Waals surface area contributed by atoms with Gasteiger partial charge in [-0.3, -0.25) is 9.59 Å². The number of unbranched alkanes of at least 4 members (excludes halogenated alkanes) is 4. The fraction of sp³-hybridized carbons (Fsp3) is 0.382. The van der Waals surface area contributed by atoms with Crippen molar-refractivity contribution in [3.05, 3.63) is 90.0 Å². The van der Waals surface area contributed by atoms with Crippen LogP contribution in [0.2, 0.25) is 0 Å². The molecule has 3 atom stereocenters. The van der Waals surface area contributed by atoms with E-state index in [0.29, 0.717) is 6.42 Å². The smallest absolute Gasteiger partial charge is 0.326 e. The highest BCUT2D eigenvalue weighted by atomic mass is 16.4. The quantitative estimate of drug-likeness (QED) is 0.162. The molecule has 0 spiro atoms. The van der Waals surface area contributed by atoms with E-state index in [1.165, 1.54) is 19.3 Å². The first-order valence-electron chi connectivity index (χ1n) is 14.6. The molecule has 0 saturated carbocycles. The van der Waals surface area contributed by atoms with E-state index in [0.717, 1.165) is 47.2 Å². The predicted octanol–water partition coefficient (Wildman–Crippen LogP) is 5.97. The number of nitrogens with one attached hydrogen (secondary N) is 2. The SMILES string of the molecule is CCCCCCCC(C)C(=O)Nc1cccc(-c2ccc(CC(NC(=O)C(N)Cc3ccccc3)C(=O)O)cc2)c1. The molecule has 2 amide bonds. The van der Waals surface area contributed by atoms with Gasteiger partial charge in [-0.2, -0.15) is 0 Å². The number of carbonyl (C=O) groups excluding carboxylic acids is 2. The summed E-state index contributed by atoms with van der Waals surface area (Å²) in [7, 11) is 0. The Morgan fingerprint density at radius 2 is 1.46 bits per heavy atom. The maximum Gasteiger partial charge on any atom is 0.326 e. The molecule has 0 heterocycles. The zero-order valence-corrected chi connectivity index (χ0v) is 24.1. The van der Waals surface area contributed by atoms with Crippen LogP contribution >= 0.6 is 0 Å². The van der Waals surface area contributed by atoms with E-state index in [1.807, 2.05) is 85.8 Å². The van der Waals surface area contributed by atoms with E-state index in [2.05, 4.69) is 17.6 Å². The lowest BCUT2D eigenvalue weighted by atomic mass is 9.99. The van der Waals surface area contributed by atoms with Crippen LogP contribution in [0, 0.1) is 5.92 Å². The van der Waals surface area contributed by atoms with E-state index in [4.69, 9.17) is 5.73 Å². The second-order valence-corrected chi connectivity index (χ2v) is 10.8. The minimum absolute atomic E-state index is 0.0261. The molecule has 0 aromatic heterocycles. The van der Waals surface area contributed by atoms with Crippen molar-refractivity contribution in [1.82, 2.24) is 5.32 Å². The molecule has 0 saturated heterocycles. The van der Waals surface area contributed by atoms with Gasteiger partial charge in [-0.05, 0) is 47.2 Å². The monoisotopic (exact) mass is 557 g/mol. The summed E-state index contributed by atoms with van der Waals surface area (Å²) in [6.07, 6.45) is 7.24. The van der Waals surface area contributed by atoms with Gasteiger partial charge < -0.3 is 21.5 Å². The first-order chi connectivity index (χ1) is 19.8. The number of anilines is 1. The molecular formula is C34H43N3O4. The van der Waals surface area contributed by atoms with Crippen LogP contribution in [-0.4, -0.2) is 35.0 Å². The Kier molecular flexibility index (Phi) is 12.6. The lowest BCUT2D eigenvalue weighted by Gasteiger charge is -2.18. The maximum atomic E-state index is 12.7. The van der Waals surface area contributed by atoms with E-state index < -0.39 is 24.0 Å². The Bertz CT molecular complexity index is 1260. The van der Waals surface area contributed by atoms with Gasteiger partial charge in [-0.1, -0.05) is 113 Å². The topological polar surface area (TPSA) is 122 Å². The average molecular weight is 558 g/mol. The Labute approximate surface area is 243 Å². The van der Waals surface area contributed by atoms with Gasteiger partial charge in [0.15, 0.2) is 0 Å². The third-order valence-electron chi connectivity index (χ3n) is 7.30. The van der Waals surface area contributed by atoms with Crippen molar-refractivity contribution in [3.8, 4) is 11.1 Å². The number of carboxylic acid groups (broad SMARTS) is 1. The summed E-state index contributed by atoms with van der Waals surface area (Å²) >= 11 is 0. The van der Waals surface area contributed by atoms with Crippen molar-refractivity contribution < 1.29 is 19.5 Å². The van der Waals surface area contributed by atoms with Crippen molar-refractivity contribution in [3.63, 3.8) is 0 Å². The van der Waals surface area contributed by atoms with Crippen molar-refractivity contribution >= 4 is 23.5 Å². The summed E-state index contributed by atoms with van der Waals surface area (Å²) in [6, 6.07) is 22.7. The lowest BCUT2D eigenvalue weighted by molar-refractivity contribution is -0.142. The molecule has 7 nitrogen and oxygen atoms in total. The molecule has 3 unspecified atom stereocenters. The molecule has 7 heteroatoms. The van der Waals surface area contributed by atoms with E-state index in [-0.39, 0.29) is 18.2 Å². The highest BCUT2D eigenvalue weighted by Gasteiger charge is 2.24. The molecule has 0 aliphatic rings. The number of hydrogen-bond donors (Lipinski definition) is 4. The van der Waals surface area contributed by atoms with Gasteiger partial charge in [0.2, 0.25) is 11.8 Å². The fourth-order valence-electron chi connectivity index (χ4n) is 4.74. The van der Waals surface area contributed by atoms with E-state index >= 15 is 0 Å². The van der Waals surface area contributed by atoms with Crippen LogP contribution in [-0.2, 0) is 27.2 Å². The van der Waals surface area contributed by atoms with Crippen molar-refractivity contribution in [2.45, 2.75) is 77.3 Å². The van der Waals surface area contributed by atoms with Crippen LogP contribution in [0.4, 0.5) is 5.69 Å². The second-order valence-electron chi connectivity index (χ2n) is 10.8. The minimum atomic E-state index is -1.12. The van der Waals surface area contributed by atoms with Crippen LogP contribution in [0.5, 0.6) is 0 Å². The molecule has 41 heavy (non-hydrogen) atoms. The zero-order chi connectivity index (χ0) is 29.6. The number of carboxylic acids is 1. The second kappa shape index (κ2) is 16.3. The van der Waals surface area contributed by atoms with Gasteiger partial charge in [0.25, 0.3) is 0 Å². The molecule has 0 aliphatic carbocycles. The van der Waals surface area contributed by atoms with Gasteiger partial charge in [0.1, 0.15) is 6.04 Å². The number of amides is 2. The molecule has 218 valence electrons. The van der Waals surface area contributed by atoms with Crippen molar-refractivity contribution in [2.24, 2.45) is 11.7 Å². The zero-order valence-electron chi connectivity index (χ0n) is 24.1. The van der Waals surface area contributed by atoms with Crippen LogP contribution in [0.15, 0.2) is 78.9 Å². The number of hydrogen-bond acceptors (Lipinski definition) is 4. The van der Waals surface area contributed by atoms with Crippen LogP contribution < -0.4 is 16.4 Å². The predicted molar refractivity (Wildman–Crippen MR) is 164 cm³/mol. The maximum absolute atomic E-state index is 12.7. The summed E-state index contributed by atoms with van der Waals surface area (Å²) in [6.45, 7) is 4.17. The summed E-state index contributed by atoms with van der Waals surface area (Å²) < 4.78 is 0. The number of aliphatic carboxylic acids is 1. The Morgan fingerprint density at radius 3 is 2.15 bits per heavy atom. The molecule has 0 bridgehead atoms. The molecule has 5 N–H and O–H groups in total. The first kappa shape index (κ1) is 31.6. The van der Waals surface area contributed by atoms with Crippen LogP contribution in [0.1, 0.15) is 63.5 Å². The number of benzene rings is 3. The van der Waals surface area contributed by atoms with Gasteiger partial charge in [-0.25, -0.2) is 4.79 Å². The summed E-state index contributed by atoms with van der Waals surface area (Å²) in [5.74, 6) is -1.64. The lowest BCUT2D eigenvalue weighted by Crippen LogP contribution is -2.50. The Hall–Kier alpha value is -3.97. The minimum Gasteiger partial charge on any atom is -0.480 e. The average Bonchev–Trinajstić information content (AvgIpc) is 2.97. The van der Waals surface area contributed by atoms with E-state index in [1.54, 1.807) is 0 Å². The number of rotatable bonds is 16. The standard InChI is InChI=1S/C34H43N3O4/c1-3-4-5-6-8-12-24(2)32(38)36-29-16-11-15-28(23-29)27-19-17-26(18-20-27)22-31(34(40)41)37-33(39)30(35)21-25-13-9-7-10-14-25/h7,9-11,13-20,23-24,30-31H,3-6,8,12,21-22,35H2,1-2H3,(H,36,38)(H,37,39)(H,40,41). The van der Waals surface area contributed by atoms with Gasteiger partial charge in [0, 0.05) is 18.0 Å². The largest absolute Gasteiger partial charge is 0.480 e. The Balaban J connectivity index is 1.56. The van der Waals surface area contributed by atoms with Crippen molar-refractivity contribution in [1.29, 1.82) is 0 Å². The fourth-order valence-corrected chi connectivity index (χ4v) is 4.74. The van der Waals surface area contributed by atoms with Crippen LogP contribution in [0.3, 0.4) is 0 Å². The Morgan fingerprint density at radius 1 is 0.780 bits per heavy atom. The number of nitrogens with two attached hydrogens (primary N) is 1. The molecule has 0 radical (unpaired) electrons. The molecule has 0 fully saturated rings. The molecule has 0 aliphatic heterocycles. The summed E-state index contributed by atoms with van der Waals surface area (Å²) in [4.78, 5) is 37.2. The highest BCUT2D eigenvalue weighted by molar-refractivity contribution is 5.93. The van der Waals surface area contributed by atoms with Gasteiger partial charge in [-0.15, -0.1) is 0 Å². The molecule has 3 aromatic rings. The first-order valence-corrected chi connectivity index (χ1v) is 14.6. The third kappa shape index (κ3) is 10.5. The third-order valence-corrected chi connectivity index (χ3v) is 7.30.